The van der Waals surface area contributed by atoms with Gasteiger partial charge in [0.2, 0.25) is 0 Å². The van der Waals surface area contributed by atoms with Crippen LogP contribution < -0.4 is 5.32 Å². The Kier molecular flexibility index (Phi) is 7.65. The molecule has 0 aromatic carbocycles. The third-order valence-corrected chi connectivity index (χ3v) is 4.22. The van der Waals surface area contributed by atoms with Gasteiger partial charge in [0.25, 0.3) is 0 Å². The van der Waals surface area contributed by atoms with Crippen LogP contribution in [0.25, 0.3) is 0 Å². The van der Waals surface area contributed by atoms with Crippen molar-refractivity contribution in [2.75, 3.05) is 26.7 Å². The SMILES string of the molecule is CN=C(NCCc1c(C)noc1C)N1CC(C)CC(C)C1.I. The van der Waals surface area contributed by atoms with Gasteiger partial charge >= 0.3 is 0 Å². The first-order chi connectivity index (χ1) is 10.0. The van der Waals surface area contributed by atoms with Gasteiger partial charge in [0.1, 0.15) is 5.76 Å². The normalized spacial score (nSPS) is 22.4. The van der Waals surface area contributed by atoms with E-state index in [-0.39, 0.29) is 24.0 Å². The average molecular weight is 420 g/mol. The fourth-order valence-corrected chi connectivity index (χ4v) is 3.33. The third-order valence-electron chi connectivity index (χ3n) is 4.22. The van der Waals surface area contributed by atoms with Crippen molar-refractivity contribution in [3.05, 3.63) is 17.0 Å². The smallest absolute Gasteiger partial charge is 0.193 e. The van der Waals surface area contributed by atoms with Crippen LogP contribution in [0.3, 0.4) is 0 Å². The molecule has 0 amide bonds. The Balaban J connectivity index is 0.00000242. The largest absolute Gasteiger partial charge is 0.361 e. The van der Waals surface area contributed by atoms with E-state index in [4.69, 9.17) is 4.52 Å². The molecule has 2 rings (SSSR count). The quantitative estimate of drug-likeness (QED) is 0.464. The first-order valence-electron chi connectivity index (χ1n) is 7.88. The molecule has 1 aliphatic heterocycles. The van der Waals surface area contributed by atoms with E-state index in [1.165, 1.54) is 12.0 Å². The van der Waals surface area contributed by atoms with Crippen LogP contribution in [0.15, 0.2) is 9.52 Å². The van der Waals surface area contributed by atoms with Gasteiger partial charge in [-0.2, -0.15) is 0 Å². The topological polar surface area (TPSA) is 53.7 Å². The maximum absolute atomic E-state index is 5.21. The van der Waals surface area contributed by atoms with E-state index in [0.717, 1.165) is 55.3 Å². The van der Waals surface area contributed by atoms with Gasteiger partial charge in [-0.1, -0.05) is 19.0 Å². The Bertz CT molecular complexity index is 471. The predicted molar refractivity (Wildman–Crippen MR) is 101 cm³/mol. The molecule has 0 bridgehead atoms. The van der Waals surface area contributed by atoms with Gasteiger partial charge in [-0.15, -0.1) is 24.0 Å². The van der Waals surface area contributed by atoms with E-state index in [9.17, 15) is 0 Å². The Morgan fingerprint density at radius 3 is 2.45 bits per heavy atom. The third kappa shape index (κ3) is 4.86. The van der Waals surface area contributed by atoms with Crippen molar-refractivity contribution in [2.45, 2.75) is 40.5 Å². The molecule has 1 aromatic heterocycles. The van der Waals surface area contributed by atoms with Crippen LogP contribution in [0, 0.1) is 25.7 Å². The van der Waals surface area contributed by atoms with Crippen molar-refractivity contribution in [1.82, 2.24) is 15.4 Å². The summed E-state index contributed by atoms with van der Waals surface area (Å²) in [7, 11) is 1.86. The molecule has 1 aromatic rings. The second-order valence-corrected chi connectivity index (χ2v) is 6.38. The first-order valence-corrected chi connectivity index (χ1v) is 7.88. The van der Waals surface area contributed by atoms with Crippen LogP contribution in [0.5, 0.6) is 0 Å². The molecule has 0 aliphatic carbocycles. The molecule has 1 saturated heterocycles. The van der Waals surface area contributed by atoms with Crippen LogP contribution in [0.2, 0.25) is 0 Å². The van der Waals surface area contributed by atoms with Crippen LogP contribution in [0.1, 0.15) is 37.3 Å². The number of aliphatic imine (C=N–C) groups is 1. The second-order valence-electron chi connectivity index (χ2n) is 6.38. The van der Waals surface area contributed by atoms with Crippen molar-refractivity contribution >= 4 is 29.9 Å². The number of rotatable bonds is 3. The zero-order valence-electron chi connectivity index (χ0n) is 14.3. The molecule has 126 valence electrons. The molecule has 0 saturated carbocycles. The van der Waals surface area contributed by atoms with Gasteiger partial charge in [0.05, 0.1) is 5.69 Å². The zero-order chi connectivity index (χ0) is 15.4. The second kappa shape index (κ2) is 8.74. The zero-order valence-corrected chi connectivity index (χ0v) is 16.7. The van der Waals surface area contributed by atoms with Crippen LogP contribution in [-0.4, -0.2) is 42.7 Å². The molecule has 0 radical (unpaired) electrons. The van der Waals surface area contributed by atoms with Gasteiger partial charge in [-0.3, -0.25) is 4.99 Å². The summed E-state index contributed by atoms with van der Waals surface area (Å²) in [5, 5.41) is 7.48. The summed E-state index contributed by atoms with van der Waals surface area (Å²) in [6.07, 6.45) is 2.23. The monoisotopic (exact) mass is 420 g/mol. The summed E-state index contributed by atoms with van der Waals surface area (Å²) in [4.78, 5) is 6.82. The molecule has 1 aliphatic rings. The number of likely N-dealkylation sites (tertiary alicyclic amines) is 1. The first kappa shape index (κ1) is 19.3. The standard InChI is InChI=1S/C16H28N4O.HI/c1-11-8-12(2)10-20(9-11)16(17-5)18-7-6-15-13(3)19-21-14(15)4;/h11-12H,6-10H2,1-5H3,(H,17,18);1H. The summed E-state index contributed by atoms with van der Waals surface area (Å²) >= 11 is 0. The lowest BCUT2D eigenvalue weighted by Crippen LogP contribution is -2.48. The minimum atomic E-state index is 0. The van der Waals surface area contributed by atoms with Crippen LogP contribution in [0.4, 0.5) is 0 Å². The molecule has 22 heavy (non-hydrogen) atoms. The number of nitrogens with zero attached hydrogens (tertiary/aromatic N) is 3. The molecule has 2 unspecified atom stereocenters. The molecule has 1 N–H and O–H groups in total. The Labute approximate surface area is 150 Å². The number of hydrogen-bond donors (Lipinski definition) is 1. The highest BCUT2D eigenvalue weighted by Crippen LogP contribution is 2.20. The maximum Gasteiger partial charge on any atom is 0.193 e. The molecule has 0 spiro atoms. The summed E-state index contributed by atoms with van der Waals surface area (Å²) in [5.74, 6) is 3.40. The number of hydrogen-bond acceptors (Lipinski definition) is 3. The molecule has 5 nitrogen and oxygen atoms in total. The minimum absolute atomic E-state index is 0. The summed E-state index contributed by atoms with van der Waals surface area (Å²) in [5.41, 5.74) is 2.20. The highest BCUT2D eigenvalue weighted by molar-refractivity contribution is 14.0. The number of aryl methyl sites for hydroxylation is 2. The van der Waals surface area contributed by atoms with Crippen molar-refractivity contribution in [3.63, 3.8) is 0 Å². The number of halogens is 1. The highest BCUT2D eigenvalue weighted by atomic mass is 127. The Hall–Kier alpha value is -0.790. The lowest BCUT2D eigenvalue weighted by Gasteiger charge is -2.37. The van der Waals surface area contributed by atoms with Crippen molar-refractivity contribution < 1.29 is 4.52 Å². The lowest BCUT2D eigenvalue weighted by atomic mass is 9.92. The van der Waals surface area contributed by atoms with Crippen molar-refractivity contribution in [2.24, 2.45) is 16.8 Å². The summed E-state index contributed by atoms with van der Waals surface area (Å²) in [6.45, 7) is 11.6. The minimum Gasteiger partial charge on any atom is -0.361 e. The number of aromatic nitrogens is 1. The molecule has 6 heteroatoms. The molecule has 2 atom stereocenters. The van der Waals surface area contributed by atoms with E-state index in [0.29, 0.717) is 0 Å². The average Bonchev–Trinajstić information content (AvgIpc) is 2.73. The summed E-state index contributed by atoms with van der Waals surface area (Å²) < 4.78 is 5.21. The van der Waals surface area contributed by atoms with E-state index < -0.39 is 0 Å². The van der Waals surface area contributed by atoms with Gasteiger partial charge in [-0.05, 0) is 38.5 Å². The van der Waals surface area contributed by atoms with Gasteiger partial charge < -0.3 is 14.7 Å². The molecular formula is C16H29IN4O. The number of nitrogens with one attached hydrogen (secondary N) is 1. The van der Waals surface area contributed by atoms with E-state index in [1.807, 2.05) is 20.9 Å². The van der Waals surface area contributed by atoms with Crippen molar-refractivity contribution in [3.8, 4) is 0 Å². The molecule has 2 heterocycles. The Morgan fingerprint density at radius 1 is 1.32 bits per heavy atom. The van der Waals surface area contributed by atoms with E-state index in [1.54, 1.807) is 0 Å². The Morgan fingerprint density at radius 2 is 1.95 bits per heavy atom. The van der Waals surface area contributed by atoms with Gasteiger partial charge in [0.15, 0.2) is 5.96 Å². The molecule has 1 fully saturated rings. The van der Waals surface area contributed by atoms with Crippen LogP contribution >= 0.6 is 24.0 Å². The van der Waals surface area contributed by atoms with E-state index in [2.05, 4.69) is 34.2 Å². The fraction of sp³-hybridized carbons (Fsp3) is 0.750. The number of piperidine rings is 1. The van der Waals surface area contributed by atoms with E-state index >= 15 is 0 Å². The maximum atomic E-state index is 5.21. The summed E-state index contributed by atoms with van der Waals surface area (Å²) in [6, 6.07) is 0. The predicted octanol–water partition coefficient (Wildman–Crippen LogP) is 3.01. The fourth-order valence-electron chi connectivity index (χ4n) is 3.33. The van der Waals surface area contributed by atoms with Crippen LogP contribution in [-0.2, 0) is 6.42 Å². The lowest BCUT2D eigenvalue weighted by molar-refractivity contribution is 0.208. The molecular weight excluding hydrogens is 391 g/mol. The van der Waals surface area contributed by atoms with Crippen molar-refractivity contribution in [1.29, 1.82) is 0 Å². The van der Waals surface area contributed by atoms with Gasteiger partial charge in [0, 0.05) is 32.2 Å². The number of guanidine groups is 1. The highest BCUT2D eigenvalue weighted by Gasteiger charge is 2.23. The van der Waals surface area contributed by atoms with Gasteiger partial charge in [-0.25, -0.2) is 0 Å².